The molecule has 1 unspecified atom stereocenters. The lowest BCUT2D eigenvalue weighted by Gasteiger charge is -2.17. The molecule has 0 amide bonds. The molecule has 0 bridgehead atoms. The van der Waals surface area contributed by atoms with E-state index in [4.69, 9.17) is 26.0 Å². The highest BCUT2D eigenvalue weighted by atomic mass is 35.5. The minimum absolute atomic E-state index is 0.0220. The third-order valence-corrected chi connectivity index (χ3v) is 5.58. The quantitative estimate of drug-likeness (QED) is 0.401. The lowest BCUT2D eigenvalue weighted by molar-refractivity contribution is 0.0651. The highest BCUT2D eigenvalue weighted by molar-refractivity contribution is 6.30. The topological polar surface area (TPSA) is 141 Å². The Morgan fingerprint density at radius 2 is 2.03 bits per heavy atom. The first-order valence-electron chi connectivity index (χ1n) is 11.5. The summed E-state index contributed by atoms with van der Waals surface area (Å²) in [7, 11) is 0. The highest BCUT2D eigenvalue weighted by Crippen LogP contribution is 2.17. The minimum Gasteiger partial charge on any atom is -0.475 e. The molecule has 11 nitrogen and oxygen atoms in total. The summed E-state index contributed by atoms with van der Waals surface area (Å²) >= 11 is 6.00. The Kier molecular flexibility index (Phi) is 8.04. The fourth-order valence-corrected chi connectivity index (χ4v) is 3.67. The van der Waals surface area contributed by atoms with Crippen molar-refractivity contribution in [1.29, 1.82) is 0 Å². The number of hydrogen-bond acceptors (Lipinski definition) is 8. The first-order chi connectivity index (χ1) is 17.8. The number of aromatic carboxylic acids is 1. The normalized spacial score (nSPS) is 17.4. The van der Waals surface area contributed by atoms with Crippen LogP contribution in [0.4, 0.5) is 5.95 Å². The zero-order valence-electron chi connectivity index (χ0n) is 19.8. The number of carboxylic acid groups (broad SMARTS) is 1. The molecular weight excluding hydrogens is 502 g/mol. The summed E-state index contributed by atoms with van der Waals surface area (Å²) in [5.74, 6) is -1.47. The van der Waals surface area contributed by atoms with Crippen LogP contribution < -0.4 is 21.4 Å². The Morgan fingerprint density at radius 3 is 2.73 bits per heavy atom. The maximum Gasteiger partial charge on any atom is 0.374 e. The second kappa shape index (κ2) is 11.6. The lowest BCUT2D eigenvalue weighted by atomic mass is 10.2. The van der Waals surface area contributed by atoms with Gasteiger partial charge in [-0.25, -0.2) is 19.0 Å². The van der Waals surface area contributed by atoms with Crippen LogP contribution in [-0.4, -0.2) is 36.5 Å². The van der Waals surface area contributed by atoms with Gasteiger partial charge in [0.05, 0.1) is 12.6 Å². The summed E-state index contributed by atoms with van der Waals surface area (Å²) in [6, 6.07) is 8.24. The predicted molar refractivity (Wildman–Crippen MR) is 136 cm³/mol. The summed E-state index contributed by atoms with van der Waals surface area (Å²) in [6.45, 7) is 2.30. The van der Waals surface area contributed by atoms with E-state index in [0.717, 1.165) is 10.1 Å². The van der Waals surface area contributed by atoms with Crippen molar-refractivity contribution in [2.24, 2.45) is 0 Å². The number of nitrogens with zero attached hydrogens (tertiary/aromatic N) is 4. The van der Waals surface area contributed by atoms with Gasteiger partial charge in [-0.1, -0.05) is 42.8 Å². The Labute approximate surface area is 216 Å². The molecular formula is C25H24ClN5O6. The van der Waals surface area contributed by atoms with Gasteiger partial charge in [-0.2, -0.15) is 4.98 Å². The number of anilines is 1. The zero-order valence-corrected chi connectivity index (χ0v) is 20.6. The molecule has 1 atom stereocenters. The lowest BCUT2D eigenvalue weighted by Crippen LogP contribution is -2.42. The molecule has 0 fully saturated rings. The smallest absolute Gasteiger partial charge is 0.374 e. The number of nitrogens with one attached hydrogen (secondary N) is 1. The van der Waals surface area contributed by atoms with Gasteiger partial charge in [0.25, 0.3) is 5.88 Å². The summed E-state index contributed by atoms with van der Waals surface area (Å²) < 4.78 is 12.9. The van der Waals surface area contributed by atoms with E-state index < -0.39 is 23.5 Å². The van der Waals surface area contributed by atoms with Crippen LogP contribution in [0.3, 0.4) is 0 Å². The van der Waals surface area contributed by atoms with Crippen LogP contribution in [-0.2, 0) is 13.1 Å². The molecule has 2 heterocycles. The molecule has 0 saturated heterocycles. The second-order valence-corrected chi connectivity index (χ2v) is 8.53. The van der Waals surface area contributed by atoms with E-state index in [0.29, 0.717) is 23.6 Å². The van der Waals surface area contributed by atoms with Crippen molar-refractivity contribution in [3.63, 3.8) is 0 Å². The summed E-state index contributed by atoms with van der Waals surface area (Å²) in [4.78, 5) is 41.0. The van der Waals surface area contributed by atoms with Crippen LogP contribution in [0.1, 0.15) is 35.9 Å². The van der Waals surface area contributed by atoms with Crippen molar-refractivity contribution in [2.75, 3.05) is 5.32 Å². The number of carboxylic acids is 1. The zero-order chi connectivity index (χ0) is 26.4. The first kappa shape index (κ1) is 25.7. The van der Waals surface area contributed by atoms with Crippen LogP contribution in [0.15, 0.2) is 80.5 Å². The number of allylic oxidation sites excluding steroid dienone is 3. The average molecular weight is 526 g/mol. The molecule has 12 heteroatoms. The van der Waals surface area contributed by atoms with Crippen molar-refractivity contribution >= 4 is 23.5 Å². The number of aromatic nitrogens is 4. The summed E-state index contributed by atoms with van der Waals surface area (Å²) in [5, 5.41) is 16.2. The first-order valence-corrected chi connectivity index (χ1v) is 11.9. The largest absolute Gasteiger partial charge is 0.475 e. The average Bonchev–Trinajstić information content (AvgIpc) is 3.33. The van der Waals surface area contributed by atoms with Crippen molar-refractivity contribution in [2.45, 2.75) is 39.0 Å². The maximum absolute atomic E-state index is 13.2. The van der Waals surface area contributed by atoms with Gasteiger partial charge in [-0.15, -0.1) is 0 Å². The predicted octanol–water partition coefficient (Wildman–Crippen LogP) is 3.46. The molecule has 37 heavy (non-hydrogen) atoms. The van der Waals surface area contributed by atoms with E-state index >= 15 is 0 Å². The highest BCUT2D eigenvalue weighted by Gasteiger charge is 2.16. The summed E-state index contributed by atoms with van der Waals surface area (Å²) in [5.41, 5.74) is 0.272. The maximum atomic E-state index is 13.2. The SMILES string of the molecule is CCCn1c(=O)nc(NC2=C/CC=CC(Oc3cc(C(=O)O)on3)/C=C\2)n(Cc2ccc(Cl)cc2)c1=O. The van der Waals surface area contributed by atoms with E-state index in [-0.39, 0.29) is 30.7 Å². The molecule has 0 saturated carbocycles. The van der Waals surface area contributed by atoms with Gasteiger partial charge < -0.3 is 19.7 Å². The van der Waals surface area contributed by atoms with Gasteiger partial charge in [-0.05, 0) is 53.9 Å². The number of rotatable bonds is 9. The molecule has 0 aliphatic heterocycles. The third-order valence-electron chi connectivity index (χ3n) is 5.33. The monoisotopic (exact) mass is 525 g/mol. The Hall–Kier alpha value is -4.38. The fourth-order valence-electron chi connectivity index (χ4n) is 3.55. The van der Waals surface area contributed by atoms with E-state index in [1.165, 1.54) is 10.6 Å². The Balaban J connectivity index is 1.61. The van der Waals surface area contributed by atoms with Crippen LogP contribution in [0.2, 0.25) is 5.02 Å². The van der Waals surface area contributed by atoms with Gasteiger partial charge in [0.1, 0.15) is 6.10 Å². The molecule has 0 spiro atoms. The van der Waals surface area contributed by atoms with Crippen molar-refractivity contribution in [3.05, 3.63) is 104 Å². The molecule has 1 aliphatic rings. The Bertz CT molecular complexity index is 1480. The van der Waals surface area contributed by atoms with Crippen LogP contribution in [0.25, 0.3) is 0 Å². The van der Waals surface area contributed by atoms with E-state index in [2.05, 4.69) is 15.5 Å². The second-order valence-electron chi connectivity index (χ2n) is 8.09. The number of ether oxygens (including phenoxy) is 1. The molecule has 4 rings (SSSR count). The van der Waals surface area contributed by atoms with Gasteiger partial charge in [0.2, 0.25) is 11.7 Å². The molecule has 2 N–H and O–H groups in total. The summed E-state index contributed by atoms with van der Waals surface area (Å²) in [6.07, 6.45) is 9.44. The van der Waals surface area contributed by atoms with Gasteiger partial charge in [0, 0.05) is 17.3 Å². The minimum atomic E-state index is -1.25. The molecule has 0 radical (unpaired) electrons. The molecule has 2 aromatic heterocycles. The molecule has 1 aromatic carbocycles. The van der Waals surface area contributed by atoms with Crippen molar-refractivity contribution < 1.29 is 19.2 Å². The fraction of sp³-hybridized carbons (Fsp3) is 0.240. The van der Waals surface area contributed by atoms with Crippen LogP contribution in [0.5, 0.6) is 5.88 Å². The van der Waals surface area contributed by atoms with Crippen molar-refractivity contribution in [1.82, 2.24) is 19.3 Å². The molecule has 3 aromatic rings. The van der Waals surface area contributed by atoms with E-state index in [9.17, 15) is 14.4 Å². The number of halogens is 1. The van der Waals surface area contributed by atoms with Crippen LogP contribution >= 0.6 is 11.6 Å². The van der Waals surface area contributed by atoms with Crippen LogP contribution in [0, 0.1) is 0 Å². The van der Waals surface area contributed by atoms with Gasteiger partial charge in [-0.3, -0.25) is 4.57 Å². The van der Waals surface area contributed by atoms with Crippen molar-refractivity contribution in [3.8, 4) is 5.88 Å². The number of carbonyl (C=O) groups is 1. The standard InChI is InChI=1S/C25H24ClN5O6/c1-2-13-30-24(34)28-23(31(25(30)35)15-16-7-9-17(26)10-8-16)27-18-5-3-4-6-19(12-11-18)36-21-14-20(22(32)33)37-29-21/h4-12,14,19H,2-3,13,15H2,1H3,(H,32,33)(H,27,28,34)/b6-4?,12-11-,18-5+. The van der Waals surface area contributed by atoms with Gasteiger partial charge in [0.15, 0.2) is 0 Å². The van der Waals surface area contributed by atoms with Gasteiger partial charge >= 0.3 is 17.3 Å². The van der Waals surface area contributed by atoms with E-state index in [1.807, 2.05) is 19.1 Å². The molecule has 1 aliphatic carbocycles. The molecule has 192 valence electrons. The Morgan fingerprint density at radius 1 is 1.24 bits per heavy atom. The van der Waals surface area contributed by atoms with E-state index in [1.54, 1.807) is 42.5 Å². The third kappa shape index (κ3) is 6.44. The number of benzene rings is 1. The number of hydrogen-bond donors (Lipinski definition) is 2.